The van der Waals surface area contributed by atoms with E-state index < -0.39 is 0 Å². The van der Waals surface area contributed by atoms with E-state index in [-0.39, 0.29) is 71.7 Å². The average Bonchev–Trinajstić information content (AvgIpc) is 3.60. The smallest absolute Gasteiger partial charge is 0.870 e. The van der Waals surface area contributed by atoms with Crippen molar-refractivity contribution in [3.8, 4) is 22.3 Å². The maximum absolute atomic E-state index is 4.47. The standard InChI is InChI=1S/C15H14IN3.C15H15N3.2CH4.I2.K.H2O/c1-19(2)12-5-3-10(4-6-12)11-7-13-14(16)9-18-15(13)17-8-11;1-18(2)14-5-3-11(4-6-14)13-9-12-7-8-16-15(12)17-10-13;;;1-2;;/h3-9H,1-2H3,(H,17,18);3-10H,1-2H3,(H,16,17);2*1H4;;;1H2/q;;;;;+1;/p-1. The Morgan fingerprint density at radius 3 is 1.58 bits per heavy atom. The van der Waals surface area contributed by atoms with E-state index in [2.05, 4.69) is 150 Å². The Labute approximate surface area is 335 Å². The molecule has 11 heteroatoms. The Hall–Kier alpha value is -0.794. The van der Waals surface area contributed by atoms with Gasteiger partial charge in [-0.05, 0) is 76.2 Å². The van der Waals surface area contributed by atoms with E-state index in [1.54, 1.807) is 0 Å². The molecule has 224 valence electrons. The Balaban J connectivity index is 0.000000714. The van der Waals surface area contributed by atoms with Gasteiger partial charge in [-0.3, -0.25) is 0 Å². The zero-order valence-electron chi connectivity index (χ0n) is 23.5. The molecule has 0 saturated carbocycles. The molecule has 0 saturated heterocycles. The quantitative estimate of drug-likeness (QED) is 0.146. The van der Waals surface area contributed by atoms with Crippen LogP contribution in [0.25, 0.3) is 44.3 Å². The average molecular weight is 943 g/mol. The molecule has 43 heavy (non-hydrogen) atoms. The molecule has 0 radical (unpaired) electrons. The van der Waals surface area contributed by atoms with Crippen LogP contribution in [-0.4, -0.2) is 53.6 Å². The summed E-state index contributed by atoms with van der Waals surface area (Å²) in [7, 11) is 8.18. The number of benzene rings is 2. The van der Waals surface area contributed by atoms with Gasteiger partial charge in [-0.1, -0.05) is 39.1 Å². The Morgan fingerprint density at radius 1 is 0.628 bits per heavy atom. The fraction of sp³-hybridized carbons (Fsp3) is 0.188. The van der Waals surface area contributed by atoms with Crippen LogP contribution in [0.2, 0.25) is 0 Å². The van der Waals surface area contributed by atoms with Crippen LogP contribution in [0, 0.1) is 3.57 Å². The fourth-order valence-electron chi connectivity index (χ4n) is 4.13. The maximum Gasteiger partial charge on any atom is 1.00 e. The molecule has 0 aliphatic rings. The number of halogens is 3. The second-order valence-corrected chi connectivity index (χ2v) is 10.4. The third-order valence-electron chi connectivity index (χ3n) is 6.31. The molecule has 0 aliphatic heterocycles. The summed E-state index contributed by atoms with van der Waals surface area (Å²) >= 11 is 6.57. The van der Waals surface area contributed by atoms with Crippen LogP contribution in [0.3, 0.4) is 0 Å². The molecule has 3 N–H and O–H groups in total. The SMILES string of the molecule is C.C.CN(C)c1ccc(-c2cnc3[nH]cc(I)c3c2)cc1.CN(C)c1ccc(-c2cnc3[nH]ccc3c2)cc1.II.[K+].[OH-]. The molecule has 4 aromatic heterocycles. The van der Waals surface area contributed by atoms with Gasteiger partial charge in [0, 0.05) is 127 Å². The predicted molar refractivity (Wildman–Crippen MR) is 208 cm³/mol. The van der Waals surface area contributed by atoms with Crippen LogP contribution in [-0.2, 0) is 0 Å². The molecule has 0 bridgehead atoms. The molecule has 0 atom stereocenters. The first-order valence-electron chi connectivity index (χ1n) is 12.1. The van der Waals surface area contributed by atoms with Gasteiger partial charge in [-0.2, -0.15) is 0 Å². The van der Waals surface area contributed by atoms with Crippen molar-refractivity contribution in [2.24, 2.45) is 0 Å². The van der Waals surface area contributed by atoms with E-state index in [1.165, 1.54) is 31.5 Å². The maximum atomic E-state index is 4.47. The van der Waals surface area contributed by atoms with Crippen molar-refractivity contribution in [1.82, 2.24) is 19.9 Å². The summed E-state index contributed by atoms with van der Waals surface area (Å²) in [5.41, 5.74) is 8.96. The van der Waals surface area contributed by atoms with Crippen molar-refractivity contribution in [3.05, 3.63) is 95.1 Å². The normalized spacial score (nSPS) is 9.47. The Kier molecular flexibility index (Phi) is 20.0. The fourth-order valence-corrected chi connectivity index (χ4v) is 4.70. The molecule has 2 aromatic carbocycles. The molecule has 4 heterocycles. The summed E-state index contributed by atoms with van der Waals surface area (Å²) < 4.78 is 1.20. The van der Waals surface area contributed by atoms with Gasteiger partial charge in [0.1, 0.15) is 11.3 Å². The first-order chi connectivity index (χ1) is 18.9. The molecule has 0 aliphatic carbocycles. The van der Waals surface area contributed by atoms with Crippen molar-refractivity contribution in [2.75, 3.05) is 38.0 Å². The largest absolute Gasteiger partial charge is 1.00 e. The van der Waals surface area contributed by atoms with Gasteiger partial charge < -0.3 is 25.2 Å². The van der Waals surface area contributed by atoms with Crippen LogP contribution in [0.4, 0.5) is 11.4 Å². The second kappa shape index (κ2) is 20.4. The molecule has 7 nitrogen and oxygen atoms in total. The number of aromatic amines is 2. The third kappa shape index (κ3) is 10.9. The third-order valence-corrected chi connectivity index (χ3v) is 7.21. The molecule has 0 spiro atoms. The predicted octanol–water partition coefficient (Wildman–Crippen LogP) is 7.07. The van der Waals surface area contributed by atoms with Gasteiger partial charge in [0.05, 0.1) is 0 Å². The number of H-pyrrole nitrogens is 2. The number of nitrogens with one attached hydrogen (secondary N) is 2. The summed E-state index contributed by atoms with van der Waals surface area (Å²) in [4.78, 5) is 19.3. The molecule has 6 aromatic rings. The van der Waals surface area contributed by atoms with Crippen molar-refractivity contribution < 1.29 is 56.9 Å². The molecule has 0 fully saturated rings. The van der Waals surface area contributed by atoms with E-state index in [0.717, 1.165) is 27.8 Å². The van der Waals surface area contributed by atoms with Crippen LogP contribution in [0.15, 0.2) is 91.5 Å². The van der Waals surface area contributed by atoms with Gasteiger partial charge in [0.25, 0.3) is 0 Å². The van der Waals surface area contributed by atoms with Crippen molar-refractivity contribution in [1.29, 1.82) is 0 Å². The number of fused-ring (bicyclic) bond motifs is 2. The number of nitrogens with zero attached hydrogens (tertiary/aromatic N) is 4. The minimum absolute atomic E-state index is 0. The topological polar surface area (TPSA) is 93.8 Å². The number of hydrogen-bond donors (Lipinski definition) is 2. The summed E-state index contributed by atoms with van der Waals surface area (Å²) in [6, 6.07) is 23.4. The monoisotopic (exact) mass is 942 g/mol. The zero-order chi connectivity index (χ0) is 27.9. The molecular formula is C32H38I3KN6O. The van der Waals surface area contributed by atoms with E-state index in [0.29, 0.717) is 0 Å². The van der Waals surface area contributed by atoms with Crippen molar-refractivity contribution in [2.45, 2.75) is 14.9 Å². The van der Waals surface area contributed by atoms with Gasteiger partial charge in [0.2, 0.25) is 0 Å². The molecule has 0 amide bonds. The van der Waals surface area contributed by atoms with Crippen molar-refractivity contribution >= 4 is 93.3 Å². The first-order valence-corrected chi connectivity index (χ1v) is 19.5. The minimum Gasteiger partial charge on any atom is -0.870 e. The number of pyridine rings is 2. The first kappa shape index (κ1) is 42.2. The number of rotatable bonds is 4. The van der Waals surface area contributed by atoms with Gasteiger partial charge in [0.15, 0.2) is 0 Å². The van der Waals surface area contributed by atoms with Crippen LogP contribution < -0.4 is 61.2 Å². The van der Waals surface area contributed by atoms with E-state index >= 15 is 0 Å². The minimum atomic E-state index is 0. The van der Waals surface area contributed by atoms with Crippen molar-refractivity contribution in [3.63, 3.8) is 0 Å². The van der Waals surface area contributed by atoms with E-state index in [9.17, 15) is 0 Å². The molecule has 0 unspecified atom stereocenters. The Morgan fingerprint density at radius 2 is 1.09 bits per heavy atom. The number of anilines is 2. The van der Waals surface area contributed by atoms with E-state index in [1.807, 2.05) is 59.0 Å². The number of hydrogen-bond acceptors (Lipinski definition) is 5. The second-order valence-electron chi connectivity index (χ2n) is 9.28. The summed E-state index contributed by atoms with van der Waals surface area (Å²) in [5, 5.41) is 2.32. The summed E-state index contributed by atoms with van der Waals surface area (Å²) in [5.74, 6) is 0. The summed E-state index contributed by atoms with van der Waals surface area (Å²) in [6.07, 6.45) is 7.72. The van der Waals surface area contributed by atoms with E-state index in [4.69, 9.17) is 0 Å². The zero-order valence-corrected chi connectivity index (χ0v) is 33.1. The van der Waals surface area contributed by atoms with Gasteiger partial charge in [-0.25, -0.2) is 9.97 Å². The van der Waals surface area contributed by atoms with Crippen LogP contribution in [0.5, 0.6) is 0 Å². The van der Waals surface area contributed by atoms with Crippen LogP contribution >= 0.6 is 59.8 Å². The summed E-state index contributed by atoms with van der Waals surface area (Å²) in [6.45, 7) is 0. The Bertz CT molecular complexity index is 1650. The number of aromatic nitrogens is 4. The van der Waals surface area contributed by atoms with Gasteiger partial charge in [-0.15, -0.1) is 0 Å². The molecule has 6 rings (SSSR count). The van der Waals surface area contributed by atoms with Gasteiger partial charge >= 0.3 is 51.4 Å². The molecular weight excluding hydrogens is 904 g/mol. The van der Waals surface area contributed by atoms with Crippen LogP contribution in [0.1, 0.15) is 14.9 Å².